The third kappa shape index (κ3) is 2.52. The van der Waals surface area contributed by atoms with E-state index in [1.54, 1.807) is 0 Å². The van der Waals surface area contributed by atoms with Crippen LogP contribution in [0.1, 0.15) is 24.2 Å². The van der Waals surface area contributed by atoms with E-state index in [1.165, 1.54) is 26.7 Å². The van der Waals surface area contributed by atoms with Crippen molar-refractivity contribution in [3.63, 3.8) is 0 Å². The van der Waals surface area contributed by atoms with E-state index >= 15 is 0 Å². The lowest BCUT2D eigenvalue weighted by Crippen LogP contribution is -2.02. The predicted octanol–water partition coefficient (Wildman–Crippen LogP) is 6.79. The zero-order valence-corrected chi connectivity index (χ0v) is 14.6. The fourth-order valence-corrected chi connectivity index (χ4v) is 4.27. The van der Waals surface area contributed by atoms with E-state index in [4.69, 9.17) is 4.42 Å². The van der Waals surface area contributed by atoms with Gasteiger partial charge in [0.25, 0.3) is 0 Å². The van der Waals surface area contributed by atoms with E-state index in [1.807, 2.05) is 30.0 Å². The molecule has 0 saturated carbocycles. The van der Waals surface area contributed by atoms with Crippen LogP contribution in [-0.2, 0) is 0 Å². The zero-order chi connectivity index (χ0) is 16.8. The molecule has 1 unspecified atom stereocenters. The summed E-state index contributed by atoms with van der Waals surface area (Å²) >= 11 is 1.82. The number of fused-ring (bicyclic) bond motifs is 3. The van der Waals surface area contributed by atoms with Crippen molar-refractivity contribution in [1.29, 1.82) is 0 Å². The SMILES string of the molecule is CC(c1ccc2c(c1)Nc1ccccc1S2)c1cc2ccccc2o1. The number of hydrogen-bond acceptors (Lipinski definition) is 3. The first kappa shape index (κ1) is 14.7. The smallest absolute Gasteiger partial charge is 0.134 e. The van der Waals surface area contributed by atoms with Crippen molar-refractivity contribution in [1.82, 2.24) is 0 Å². The molecule has 0 bridgehead atoms. The van der Waals surface area contributed by atoms with Gasteiger partial charge in [0.1, 0.15) is 11.3 Å². The van der Waals surface area contributed by atoms with Crippen LogP contribution < -0.4 is 5.32 Å². The fraction of sp³-hybridized carbons (Fsp3) is 0.0909. The second-order valence-electron chi connectivity index (χ2n) is 6.39. The summed E-state index contributed by atoms with van der Waals surface area (Å²) in [5, 5.41) is 4.72. The zero-order valence-electron chi connectivity index (χ0n) is 13.8. The number of nitrogens with one attached hydrogen (secondary N) is 1. The van der Waals surface area contributed by atoms with E-state index < -0.39 is 0 Å². The lowest BCUT2D eigenvalue weighted by atomic mass is 9.98. The predicted molar refractivity (Wildman–Crippen MR) is 104 cm³/mol. The Kier molecular flexibility index (Phi) is 3.35. The molecule has 2 heterocycles. The van der Waals surface area contributed by atoms with Crippen molar-refractivity contribution < 1.29 is 4.42 Å². The van der Waals surface area contributed by atoms with Crippen molar-refractivity contribution in [3.05, 3.63) is 84.1 Å². The first-order valence-corrected chi connectivity index (χ1v) is 9.26. The highest BCUT2D eigenvalue weighted by Gasteiger charge is 2.19. The summed E-state index contributed by atoms with van der Waals surface area (Å²) in [4.78, 5) is 2.53. The van der Waals surface area contributed by atoms with Gasteiger partial charge in [0.2, 0.25) is 0 Å². The van der Waals surface area contributed by atoms with Crippen LogP contribution in [0.4, 0.5) is 11.4 Å². The van der Waals surface area contributed by atoms with Crippen LogP contribution in [0.15, 0.2) is 87.0 Å². The highest BCUT2D eigenvalue weighted by molar-refractivity contribution is 7.99. The molecule has 1 aliphatic heterocycles. The maximum Gasteiger partial charge on any atom is 0.134 e. The van der Waals surface area contributed by atoms with Gasteiger partial charge in [-0.3, -0.25) is 0 Å². The van der Waals surface area contributed by atoms with Gasteiger partial charge in [0.05, 0.1) is 11.4 Å². The minimum Gasteiger partial charge on any atom is -0.460 e. The summed E-state index contributed by atoms with van der Waals surface area (Å²) in [5.41, 5.74) is 4.55. The molecule has 1 aromatic heterocycles. The molecule has 3 heteroatoms. The summed E-state index contributed by atoms with van der Waals surface area (Å²) < 4.78 is 6.06. The molecule has 5 rings (SSSR count). The Morgan fingerprint density at radius 1 is 0.840 bits per heavy atom. The Morgan fingerprint density at radius 2 is 1.64 bits per heavy atom. The van der Waals surface area contributed by atoms with Crippen LogP contribution in [-0.4, -0.2) is 0 Å². The summed E-state index contributed by atoms with van der Waals surface area (Å²) in [6, 6.07) is 25.4. The van der Waals surface area contributed by atoms with E-state index in [9.17, 15) is 0 Å². The molecule has 1 atom stereocenters. The van der Waals surface area contributed by atoms with Gasteiger partial charge in [-0.1, -0.05) is 55.1 Å². The van der Waals surface area contributed by atoms with Gasteiger partial charge in [0, 0.05) is 21.1 Å². The summed E-state index contributed by atoms with van der Waals surface area (Å²) in [5.74, 6) is 1.21. The van der Waals surface area contributed by atoms with Gasteiger partial charge in [-0.2, -0.15) is 0 Å². The van der Waals surface area contributed by atoms with Crippen molar-refractivity contribution in [3.8, 4) is 0 Å². The first-order chi connectivity index (χ1) is 12.3. The Labute approximate surface area is 150 Å². The van der Waals surface area contributed by atoms with Crippen LogP contribution in [0, 0.1) is 0 Å². The van der Waals surface area contributed by atoms with Crippen LogP contribution in [0.25, 0.3) is 11.0 Å². The number of rotatable bonds is 2. The molecule has 3 aromatic carbocycles. The second kappa shape index (κ2) is 5.71. The number of furan rings is 1. The molecule has 1 aliphatic rings. The van der Waals surface area contributed by atoms with Gasteiger partial charge in [-0.05, 0) is 42.0 Å². The van der Waals surface area contributed by atoms with Gasteiger partial charge in [-0.25, -0.2) is 0 Å². The Balaban J connectivity index is 1.51. The van der Waals surface area contributed by atoms with Crippen molar-refractivity contribution >= 4 is 34.1 Å². The van der Waals surface area contributed by atoms with Gasteiger partial charge < -0.3 is 9.73 Å². The molecular formula is C22H17NOS. The molecule has 0 amide bonds. The Bertz CT molecular complexity index is 1050. The molecule has 1 N–H and O–H groups in total. The van der Waals surface area contributed by atoms with E-state index in [2.05, 4.69) is 66.8 Å². The molecule has 4 aromatic rings. The standard InChI is InChI=1S/C22H17NOS/c1-14(20-13-16-6-2-4-8-19(16)24-20)15-10-11-22-18(12-15)23-17-7-3-5-9-21(17)25-22/h2-14,23H,1H3. The van der Waals surface area contributed by atoms with E-state index in [0.717, 1.165) is 16.7 Å². The largest absolute Gasteiger partial charge is 0.460 e. The lowest BCUT2D eigenvalue weighted by Gasteiger charge is -2.22. The number of anilines is 2. The second-order valence-corrected chi connectivity index (χ2v) is 7.47. The Hall–Kier alpha value is -2.65. The van der Waals surface area contributed by atoms with Gasteiger partial charge >= 0.3 is 0 Å². The molecule has 0 saturated heterocycles. The molecular weight excluding hydrogens is 326 g/mol. The molecule has 122 valence electrons. The maximum absolute atomic E-state index is 6.06. The summed E-state index contributed by atoms with van der Waals surface area (Å²) in [7, 11) is 0. The topological polar surface area (TPSA) is 25.2 Å². The molecule has 25 heavy (non-hydrogen) atoms. The van der Waals surface area contributed by atoms with Crippen LogP contribution in [0.2, 0.25) is 0 Å². The first-order valence-electron chi connectivity index (χ1n) is 8.44. The number of hydrogen-bond donors (Lipinski definition) is 1. The van der Waals surface area contributed by atoms with Crippen molar-refractivity contribution in [2.75, 3.05) is 5.32 Å². The van der Waals surface area contributed by atoms with Gasteiger partial charge in [-0.15, -0.1) is 0 Å². The van der Waals surface area contributed by atoms with Crippen LogP contribution >= 0.6 is 11.8 Å². The fourth-order valence-electron chi connectivity index (χ4n) is 3.31. The molecule has 0 aliphatic carbocycles. The highest BCUT2D eigenvalue weighted by atomic mass is 32.2. The average molecular weight is 343 g/mol. The lowest BCUT2D eigenvalue weighted by molar-refractivity contribution is 0.532. The molecule has 0 fully saturated rings. The van der Waals surface area contributed by atoms with E-state index in [0.29, 0.717) is 0 Å². The monoisotopic (exact) mass is 343 g/mol. The maximum atomic E-state index is 6.06. The van der Waals surface area contributed by atoms with Crippen molar-refractivity contribution in [2.24, 2.45) is 0 Å². The average Bonchev–Trinajstić information content (AvgIpc) is 3.09. The van der Waals surface area contributed by atoms with Gasteiger partial charge in [0.15, 0.2) is 0 Å². The van der Waals surface area contributed by atoms with E-state index in [-0.39, 0.29) is 5.92 Å². The number of benzene rings is 3. The summed E-state index contributed by atoms with van der Waals surface area (Å²) in [6.07, 6.45) is 0. The highest BCUT2D eigenvalue weighted by Crippen LogP contribution is 2.45. The van der Waals surface area contributed by atoms with Crippen molar-refractivity contribution in [2.45, 2.75) is 22.6 Å². The minimum absolute atomic E-state index is 0.210. The normalized spacial score (nSPS) is 13.8. The third-order valence-electron chi connectivity index (χ3n) is 4.75. The van der Waals surface area contributed by atoms with Crippen LogP contribution in [0.5, 0.6) is 0 Å². The minimum atomic E-state index is 0.210. The quantitative estimate of drug-likeness (QED) is 0.382. The third-order valence-corrected chi connectivity index (χ3v) is 5.90. The molecule has 0 spiro atoms. The molecule has 2 nitrogen and oxygen atoms in total. The van der Waals surface area contributed by atoms with Crippen LogP contribution in [0.3, 0.4) is 0 Å². The number of para-hydroxylation sites is 2. The Morgan fingerprint density at radius 3 is 2.56 bits per heavy atom. The molecule has 0 radical (unpaired) electrons. The summed E-state index contributed by atoms with van der Waals surface area (Å²) in [6.45, 7) is 2.20.